The van der Waals surface area contributed by atoms with Crippen molar-refractivity contribution in [1.82, 2.24) is 4.90 Å². The largest absolute Gasteiger partial charge is 0.370 e. The maximum atomic E-state index is 12.0. The lowest BCUT2D eigenvalue weighted by Gasteiger charge is -2.23. The molecule has 0 aromatic heterocycles. The lowest BCUT2D eigenvalue weighted by atomic mass is 10.1. The van der Waals surface area contributed by atoms with Crippen molar-refractivity contribution in [3.05, 3.63) is 35.9 Å². The van der Waals surface area contributed by atoms with Crippen LogP contribution in [0.4, 0.5) is 0 Å². The van der Waals surface area contributed by atoms with Gasteiger partial charge in [0, 0.05) is 13.1 Å². The van der Waals surface area contributed by atoms with Gasteiger partial charge in [-0.05, 0) is 18.9 Å². The van der Waals surface area contributed by atoms with Crippen molar-refractivity contribution < 1.29 is 9.59 Å². The fraction of sp³-hybridized carbons (Fsp3) is 0.429. The van der Waals surface area contributed by atoms with E-state index in [1.165, 1.54) is 0 Å². The molecule has 0 bridgehead atoms. The molecule has 1 unspecified atom stereocenters. The minimum Gasteiger partial charge on any atom is -0.370 e. The summed E-state index contributed by atoms with van der Waals surface area (Å²) in [6, 6.07) is 9.07. The molecule has 1 aromatic rings. The zero-order chi connectivity index (χ0) is 14.3. The first-order chi connectivity index (χ1) is 9.04. The van der Waals surface area contributed by atoms with Gasteiger partial charge in [-0.2, -0.15) is 0 Å². The van der Waals surface area contributed by atoms with E-state index in [1.54, 1.807) is 4.90 Å². The molecule has 1 atom stereocenters. The van der Waals surface area contributed by atoms with Crippen LogP contribution in [0.2, 0.25) is 0 Å². The van der Waals surface area contributed by atoms with Crippen LogP contribution in [0.3, 0.4) is 0 Å². The first-order valence-electron chi connectivity index (χ1n) is 6.41. The Morgan fingerprint density at radius 2 is 1.89 bits per heavy atom. The molecule has 0 aliphatic heterocycles. The Kier molecular flexibility index (Phi) is 6.02. The summed E-state index contributed by atoms with van der Waals surface area (Å²) < 4.78 is 0. The molecular formula is C14H21N3O2. The Bertz CT molecular complexity index is 420. The van der Waals surface area contributed by atoms with E-state index in [2.05, 4.69) is 0 Å². The predicted molar refractivity (Wildman–Crippen MR) is 74.2 cm³/mol. The van der Waals surface area contributed by atoms with Gasteiger partial charge in [0.15, 0.2) is 0 Å². The van der Waals surface area contributed by atoms with Gasteiger partial charge < -0.3 is 16.4 Å². The topological polar surface area (TPSA) is 89.4 Å². The summed E-state index contributed by atoms with van der Waals surface area (Å²) in [7, 11) is 0. The first-order valence-corrected chi connectivity index (χ1v) is 6.41. The quantitative estimate of drug-likeness (QED) is 0.740. The Hall–Kier alpha value is -1.88. The predicted octanol–water partition coefficient (Wildman–Crippen LogP) is 0.280. The summed E-state index contributed by atoms with van der Waals surface area (Å²) in [5, 5.41) is 0. The van der Waals surface area contributed by atoms with Crippen LogP contribution in [0, 0.1) is 0 Å². The van der Waals surface area contributed by atoms with Crippen molar-refractivity contribution in [1.29, 1.82) is 0 Å². The summed E-state index contributed by atoms with van der Waals surface area (Å²) >= 11 is 0. The van der Waals surface area contributed by atoms with E-state index in [-0.39, 0.29) is 12.3 Å². The average Bonchev–Trinajstić information content (AvgIpc) is 2.39. The number of carbonyl (C=O) groups is 2. The molecule has 4 N–H and O–H groups in total. The molecule has 0 heterocycles. The van der Waals surface area contributed by atoms with Gasteiger partial charge >= 0.3 is 0 Å². The molecule has 1 aromatic carbocycles. The lowest BCUT2D eigenvalue weighted by molar-refractivity contribution is -0.134. The highest BCUT2D eigenvalue weighted by Gasteiger charge is 2.21. The van der Waals surface area contributed by atoms with Crippen LogP contribution in [-0.2, 0) is 16.0 Å². The van der Waals surface area contributed by atoms with Gasteiger partial charge in [-0.3, -0.25) is 9.59 Å². The molecule has 0 aliphatic carbocycles. The monoisotopic (exact) mass is 263 g/mol. The minimum atomic E-state index is -0.840. The van der Waals surface area contributed by atoms with Crippen molar-refractivity contribution in [3.8, 4) is 0 Å². The fourth-order valence-electron chi connectivity index (χ4n) is 1.87. The van der Waals surface area contributed by atoms with Crippen molar-refractivity contribution in [3.63, 3.8) is 0 Å². The average molecular weight is 263 g/mol. The van der Waals surface area contributed by atoms with E-state index in [0.717, 1.165) is 12.0 Å². The second-order valence-electron chi connectivity index (χ2n) is 4.43. The number of carbonyl (C=O) groups excluding carboxylic acids is 2. The number of likely N-dealkylation sites (N-methyl/N-ethyl adjacent to an activating group) is 1. The van der Waals surface area contributed by atoms with E-state index in [4.69, 9.17) is 11.5 Å². The number of amides is 2. The molecule has 2 amide bonds. The maximum absolute atomic E-state index is 12.0. The van der Waals surface area contributed by atoms with Crippen LogP contribution < -0.4 is 11.5 Å². The Morgan fingerprint density at radius 3 is 2.42 bits per heavy atom. The zero-order valence-electron chi connectivity index (χ0n) is 11.2. The minimum absolute atomic E-state index is 0.110. The normalized spacial score (nSPS) is 11.9. The van der Waals surface area contributed by atoms with Gasteiger partial charge in [0.2, 0.25) is 11.8 Å². The SMILES string of the molecule is CCN(CCc1ccccc1)C(=O)C(N)CC(N)=O. The summed E-state index contributed by atoms with van der Waals surface area (Å²) in [4.78, 5) is 24.5. The number of hydrogen-bond acceptors (Lipinski definition) is 3. The van der Waals surface area contributed by atoms with Crippen LogP contribution in [0.25, 0.3) is 0 Å². The van der Waals surface area contributed by atoms with E-state index < -0.39 is 11.9 Å². The summed E-state index contributed by atoms with van der Waals surface area (Å²) in [5.41, 5.74) is 11.9. The molecular weight excluding hydrogens is 242 g/mol. The first kappa shape index (κ1) is 15.2. The molecule has 0 saturated carbocycles. The highest BCUT2D eigenvalue weighted by molar-refractivity contribution is 5.87. The smallest absolute Gasteiger partial charge is 0.240 e. The number of benzene rings is 1. The molecule has 0 spiro atoms. The molecule has 19 heavy (non-hydrogen) atoms. The number of nitrogens with two attached hydrogens (primary N) is 2. The van der Waals surface area contributed by atoms with E-state index in [9.17, 15) is 9.59 Å². The fourth-order valence-corrected chi connectivity index (χ4v) is 1.87. The molecule has 0 saturated heterocycles. The second kappa shape index (κ2) is 7.53. The number of nitrogens with zero attached hydrogens (tertiary/aromatic N) is 1. The molecule has 5 nitrogen and oxygen atoms in total. The summed E-state index contributed by atoms with van der Waals surface area (Å²) in [6.07, 6.45) is 0.657. The van der Waals surface area contributed by atoms with Crippen LogP contribution >= 0.6 is 0 Å². The number of hydrogen-bond donors (Lipinski definition) is 2. The Labute approximate surface area is 113 Å². The van der Waals surface area contributed by atoms with Gasteiger partial charge in [-0.25, -0.2) is 0 Å². The number of primary amides is 1. The van der Waals surface area contributed by atoms with Gasteiger partial charge in [-0.1, -0.05) is 30.3 Å². The highest BCUT2D eigenvalue weighted by atomic mass is 16.2. The van der Waals surface area contributed by atoms with Crippen LogP contribution in [-0.4, -0.2) is 35.8 Å². The second-order valence-corrected chi connectivity index (χ2v) is 4.43. The third kappa shape index (κ3) is 5.09. The number of rotatable bonds is 7. The van der Waals surface area contributed by atoms with Crippen molar-refractivity contribution in [2.45, 2.75) is 25.8 Å². The molecule has 104 valence electrons. The standard InChI is InChI=1S/C14H21N3O2/c1-2-17(14(19)12(15)10-13(16)18)9-8-11-6-4-3-5-7-11/h3-7,12H,2,8-10,15H2,1H3,(H2,16,18). The molecule has 0 aliphatic rings. The Morgan fingerprint density at radius 1 is 1.26 bits per heavy atom. The third-order valence-electron chi connectivity index (χ3n) is 2.94. The lowest BCUT2D eigenvalue weighted by Crippen LogP contribution is -2.46. The summed E-state index contributed by atoms with van der Waals surface area (Å²) in [6.45, 7) is 3.05. The summed E-state index contributed by atoms with van der Waals surface area (Å²) in [5.74, 6) is -0.780. The van der Waals surface area contributed by atoms with Gasteiger partial charge in [0.1, 0.15) is 0 Å². The van der Waals surface area contributed by atoms with Crippen LogP contribution in [0.15, 0.2) is 30.3 Å². The van der Waals surface area contributed by atoms with E-state index >= 15 is 0 Å². The maximum Gasteiger partial charge on any atom is 0.240 e. The van der Waals surface area contributed by atoms with Gasteiger partial charge in [-0.15, -0.1) is 0 Å². The van der Waals surface area contributed by atoms with E-state index in [0.29, 0.717) is 13.1 Å². The van der Waals surface area contributed by atoms with Crippen LogP contribution in [0.5, 0.6) is 0 Å². The zero-order valence-corrected chi connectivity index (χ0v) is 11.2. The van der Waals surface area contributed by atoms with Crippen LogP contribution in [0.1, 0.15) is 18.9 Å². The third-order valence-corrected chi connectivity index (χ3v) is 2.94. The molecule has 0 radical (unpaired) electrons. The van der Waals surface area contributed by atoms with Gasteiger partial charge in [0.25, 0.3) is 0 Å². The van der Waals surface area contributed by atoms with Crippen molar-refractivity contribution >= 4 is 11.8 Å². The molecule has 5 heteroatoms. The van der Waals surface area contributed by atoms with Crippen molar-refractivity contribution in [2.24, 2.45) is 11.5 Å². The molecule has 1 rings (SSSR count). The van der Waals surface area contributed by atoms with Gasteiger partial charge in [0.05, 0.1) is 12.5 Å². The van der Waals surface area contributed by atoms with Crippen molar-refractivity contribution in [2.75, 3.05) is 13.1 Å². The molecule has 0 fully saturated rings. The highest BCUT2D eigenvalue weighted by Crippen LogP contribution is 2.03. The Balaban J connectivity index is 2.53. The van der Waals surface area contributed by atoms with E-state index in [1.807, 2.05) is 37.3 Å².